The van der Waals surface area contributed by atoms with Gasteiger partial charge >= 0.3 is 0 Å². The number of rotatable bonds is 5. The quantitative estimate of drug-likeness (QED) is 0.649. The molecule has 7 nitrogen and oxygen atoms in total. The Labute approximate surface area is 173 Å². The van der Waals surface area contributed by atoms with Gasteiger partial charge in [0.1, 0.15) is 17.2 Å². The largest absolute Gasteiger partial charge is 0.351 e. The summed E-state index contributed by atoms with van der Waals surface area (Å²) in [6.07, 6.45) is 4.45. The SMILES string of the molecule is Cc1ncc(-c2nc(NC3CCC(C)(F)CC3)nc(NC3CCC(F)(F)CC3)n2)[nH]1. The molecule has 2 fully saturated rings. The van der Waals surface area contributed by atoms with Crippen LogP contribution < -0.4 is 10.6 Å². The molecule has 2 aliphatic rings. The summed E-state index contributed by atoms with van der Waals surface area (Å²) in [6.45, 7) is 3.47. The molecule has 2 aromatic rings. The van der Waals surface area contributed by atoms with Crippen LogP contribution in [-0.4, -0.2) is 48.6 Å². The van der Waals surface area contributed by atoms with Crippen LogP contribution in [0.15, 0.2) is 6.20 Å². The third-order valence-corrected chi connectivity index (χ3v) is 5.99. The van der Waals surface area contributed by atoms with Crippen molar-refractivity contribution in [2.45, 2.75) is 88.9 Å². The fraction of sp³-hybridized carbons (Fsp3) is 0.700. The lowest BCUT2D eigenvalue weighted by atomic mass is 9.85. The molecule has 164 valence electrons. The third-order valence-electron chi connectivity index (χ3n) is 5.99. The fourth-order valence-corrected chi connectivity index (χ4v) is 4.07. The first kappa shape index (κ1) is 20.9. The summed E-state index contributed by atoms with van der Waals surface area (Å²) >= 11 is 0. The van der Waals surface area contributed by atoms with E-state index in [1.807, 2.05) is 6.92 Å². The summed E-state index contributed by atoms with van der Waals surface area (Å²) in [5.74, 6) is -0.699. The van der Waals surface area contributed by atoms with Crippen molar-refractivity contribution < 1.29 is 13.2 Å². The van der Waals surface area contributed by atoms with Gasteiger partial charge in [-0.1, -0.05) is 0 Å². The summed E-state index contributed by atoms with van der Waals surface area (Å²) in [5, 5.41) is 6.50. The molecule has 0 amide bonds. The zero-order chi connectivity index (χ0) is 21.4. The van der Waals surface area contributed by atoms with Crippen molar-refractivity contribution in [3.05, 3.63) is 12.0 Å². The number of aryl methyl sites for hydroxylation is 1. The maximum atomic E-state index is 14.1. The number of hydrogen-bond acceptors (Lipinski definition) is 6. The molecule has 0 saturated heterocycles. The van der Waals surface area contributed by atoms with Crippen LogP contribution in [0.2, 0.25) is 0 Å². The lowest BCUT2D eigenvalue weighted by Crippen LogP contribution is -2.34. The van der Waals surface area contributed by atoms with Crippen LogP contribution in [-0.2, 0) is 0 Å². The van der Waals surface area contributed by atoms with E-state index in [1.165, 1.54) is 0 Å². The van der Waals surface area contributed by atoms with Crippen LogP contribution in [0.3, 0.4) is 0 Å². The monoisotopic (exact) mass is 423 g/mol. The maximum absolute atomic E-state index is 14.1. The number of nitrogens with one attached hydrogen (secondary N) is 3. The zero-order valence-electron chi connectivity index (χ0n) is 17.3. The second kappa shape index (κ2) is 8.03. The van der Waals surface area contributed by atoms with E-state index in [0.717, 1.165) is 5.82 Å². The standard InChI is InChI=1S/C20H28F3N7/c1-12-24-11-15(25-12)16-28-17(26-13-3-7-19(2,21)8-4-13)30-18(29-16)27-14-5-9-20(22,23)10-6-14/h11,13-14H,3-10H2,1-2H3,(H,24,25)(H2,26,27,28,29,30). The number of halogens is 3. The van der Waals surface area contributed by atoms with Crippen LogP contribution in [0.1, 0.15) is 64.1 Å². The van der Waals surface area contributed by atoms with E-state index >= 15 is 0 Å². The molecule has 2 heterocycles. The summed E-state index contributed by atoms with van der Waals surface area (Å²) in [5.41, 5.74) is -0.470. The summed E-state index contributed by atoms with van der Waals surface area (Å²) in [4.78, 5) is 20.7. The maximum Gasteiger partial charge on any atom is 0.248 e. The van der Waals surface area contributed by atoms with Gasteiger partial charge < -0.3 is 15.6 Å². The summed E-state index contributed by atoms with van der Waals surface area (Å²) in [6, 6.07) is -0.0352. The molecule has 2 saturated carbocycles. The first-order valence-electron chi connectivity index (χ1n) is 10.6. The van der Waals surface area contributed by atoms with E-state index in [-0.39, 0.29) is 24.9 Å². The molecular weight excluding hydrogens is 395 g/mol. The van der Waals surface area contributed by atoms with Gasteiger partial charge in [-0.25, -0.2) is 18.2 Å². The molecule has 10 heteroatoms. The lowest BCUT2D eigenvalue weighted by Gasteiger charge is -2.31. The predicted molar refractivity (Wildman–Crippen MR) is 108 cm³/mol. The average Bonchev–Trinajstić information content (AvgIpc) is 3.12. The molecule has 0 aliphatic heterocycles. The van der Waals surface area contributed by atoms with Gasteiger partial charge in [0.2, 0.25) is 17.8 Å². The van der Waals surface area contributed by atoms with Crippen molar-refractivity contribution in [3.63, 3.8) is 0 Å². The van der Waals surface area contributed by atoms with E-state index in [1.54, 1.807) is 13.1 Å². The molecule has 2 aliphatic carbocycles. The van der Waals surface area contributed by atoms with E-state index in [2.05, 4.69) is 35.6 Å². The molecule has 0 unspecified atom stereocenters. The summed E-state index contributed by atoms with van der Waals surface area (Å²) < 4.78 is 41.0. The van der Waals surface area contributed by atoms with Crippen molar-refractivity contribution in [2.75, 3.05) is 10.6 Å². The highest BCUT2D eigenvalue weighted by atomic mass is 19.3. The van der Waals surface area contributed by atoms with Gasteiger partial charge in [0, 0.05) is 24.9 Å². The van der Waals surface area contributed by atoms with Gasteiger partial charge in [0.05, 0.1) is 6.20 Å². The first-order valence-corrected chi connectivity index (χ1v) is 10.6. The van der Waals surface area contributed by atoms with Crippen molar-refractivity contribution in [3.8, 4) is 11.5 Å². The molecule has 2 aromatic heterocycles. The third kappa shape index (κ3) is 5.20. The number of hydrogen-bond donors (Lipinski definition) is 3. The molecular formula is C20H28F3N7. The minimum Gasteiger partial charge on any atom is -0.351 e. The molecule has 0 aromatic carbocycles. The summed E-state index contributed by atoms with van der Waals surface area (Å²) in [7, 11) is 0. The highest BCUT2D eigenvalue weighted by Gasteiger charge is 2.35. The Bertz CT molecular complexity index is 815. The van der Waals surface area contributed by atoms with Crippen LogP contribution in [0.5, 0.6) is 0 Å². The number of aromatic nitrogens is 5. The number of aromatic amines is 1. The Morgan fingerprint density at radius 3 is 1.93 bits per heavy atom. The highest BCUT2D eigenvalue weighted by molar-refractivity contribution is 5.53. The van der Waals surface area contributed by atoms with Gasteiger partial charge in [0.15, 0.2) is 5.82 Å². The van der Waals surface area contributed by atoms with Crippen LogP contribution in [0.25, 0.3) is 11.5 Å². The highest BCUT2D eigenvalue weighted by Crippen LogP contribution is 2.35. The Hall–Kier alpha value is -2.39. The van der Waals surface area contributed by atoms with E-state index in [9.17, 15) is 13.2 Å². The number of anilines is 2. The Morgan fingerprint density at radius 2 is 1.43 bits per heavy atom. The van der Waals surface area contributed by atoms with Gasteiger partial charge in [-0.3, -0.25) is 0 Å². The molecule has 0 spiro atoms. The minimum absolute atomic E-state index is 0.0776. The van der Waals surface area contributed by atoms with E-state index in [4.69, 9.17) is 0 Å². The first-order chi connectivity index (χ1) is 14.2. The molecule has 0 radical (unpaired) electrons. The minimum atomic E-state index is -2.59. The molecule has 3 N–H and O–H groups in total. The van der Waals surface area contributed by atoms with Gasteiger partial charge in [-0.15, -0.1) is 0 Å². The topological polar surface area (TPSA) is 91.4 Å². The number of imidazole rings is 1. The van der Waals surface area contributed by atoms with Crippen molar-refractivity contribution in [1.29, 1.82) is 0 Å². The van der Waals surface area contributed by atoms with E-state index in [0.29, 0.717) is 61.9 Å². The van der Waals surface area contributed by atoms with Crippen molar-refractivity contribution in [2.24, 2.45) is 0 Å². The second-order valence-corrected chi connectivity index (χ2v) is 8.80. The van der Waals surface area contributed by atoms with Crippen LogP contribution in [0, 0.1) is 6.92 Å². The van der Waals surface area contributed by atoms with Gasteiger partial charge in [-0.05, 0) is 52.4 Å². The lowest BCUT2D eigenvalue weighted by molar-refractivity contribution is -0.0361. The number of nitrogens with zero attached hydrogens (tertiary/aromatic N) is 4. The average molecular weight is 423 g/mol. The van der Waals surface area contributed by atoms with Gasteiger partial charge in [0.25, 0.3) is 0 Å². The Balaban J connectivity index is 1.52. The number of H-pyrrole nitrogens is 1. The van der Waals surface area contributed by atoms with E-state index < -0.39 is 11.6 Å². The zero-order valence-corrected chi connectivity index (χ0v) is 17.3. The second-order valence-electron chi connectivity index (χ2n) is 8.80. The van der Waals surface area contributed by atoms with Crippen molar-refractivity contribution >= 4 is 11.9 Å². The Morgan fingerprint density at radius 1 is 0.900 bits per heavy atom. The Kier molecular flexibility index (Phi) is 5.59. The molecule has 4 rings (SSSR count). The van der Waals surface area contributed by atoms with Gasteiger partial charge in [-0.2, -0.15) is 15.0 Å². The smallest absolute Gasteiger partial charge is 0.248 e. The molecule has 0 bridgehead atoms. The van der Waals surface area contributed by atoms with Crippen LogP contribution >= 0.6 is 0 Å². The number of alkyl halides is 3. The normalized spacial score (nSPS) is 27.0. The fourth-order valence-electron chi connectivity index (χ4n) is 4.07. The van der Waals surface area contributed by atoms with Crippen LogP contribution in [0.4, 0.5) is 25.1 Å². The molecule has 0 atom stereocenters. The molecule has 30 heavy (non-hydrogen) atoms. The van der Waals surface area contributed by atoms with Crippen molar-refractivity contribution in [1.82, 2.24) is 24.9 Å². The predicted octanol–water partition coefficient (Wildman–Crippen LogP) is 4.64.